The second-order valence-electron chi connectivity index (χ2n) is 16.1. The van der Waals surface area contributed by atoms with E-state index in [1.807, 2.05) is 35.8 Å². The number of ether oxygens (including phenoxy) is 2. The van der Waals surface area contributed by atoms with Crippen LogP contribution in [0.15, 0.2) is 71.2 Å². The van der Waals surface area contributed by atoms with Gasteiger partial charge in [-0.05, 0) is 75.2 Å². The summed E-state index contributed by atoms with van der Waals surface area (Å²) in [5.41, 5.74) is 6.95. The Morgan fingerprint density at radius 3 is 2.50 bits per heavy atom. The highest BCUT2D eigenvalue weighted by Crippen LogP contribution is 2.38. The van der Waals surface area contributed by atoms with Gasteiger partial charge in [-0.25, -0.2) is 13.4 Å². The number of piperidine rings is 1. The fraction of sp³-hybridized carbons (Fsp3) is 0.386. The number of nitrogens with one attached hydrogen (secondary N) is 2. The lowest BCUT2D eigenvalue weighted by molar-refractivity contribution is -0.136. The second-order valence-corrected chi connectivity index (χ2v) is 19.6. The van der Waals surface area contributed by atoms with Gasteiger partial charge in [0.15, 0.2) is 9.84 Å². The third-order valence-corrected chi connectivity index (χ3v) is 14.5. The van der Waals surface area contributed by atoms with Crippen LogP contribution in [0.1, 0.15) is 55.1 Å². The number of thiazole rings is 1. The van der Waals surface area contributed by atoms with Crippen LogP contribution in [0.25, 0.3) is 21.1 Å². The average molecular weight is 850 g/mol. The van der Waals surface area contributed by atoms with E-state index in [0.717, 1.165) is 65.4 Å². The molecule has 0 spiro atoms. The lowest BCUT2D eigenvalue weighted by Gasteiger charge is -2.34. The van der Waals surface area contributed by atoms with Crippen molar-refractivity contribution >= 4 is 71.4 Å². The van der Waals surface area contributed by atoms with Crippen molar-refractivity contribution in [2.75, 3.05) is 64.4 Å². The minimum atomic E-state index is -3.78. The normalized spacial score (nSPS) is 17.8. The molecule has 3 aliphatic rings. The summed E-state index contributed by atoms with van der Waals surface area (Å²) in [6.07, 6.45) is 2.22. The first-order valence-corrected chi connectivity index (χ1v) is 22.4. The Morgan fingerprint density at radius 1 is 0.950 bits per heavy atom. The summed E-state index contributed by atoms with van der Waals surface area (Å²) in [6, 6.07) is 16.0. The van der Waals surface area contributed by atoms with Crippen LogP contribution in [0, 0.1) is 11.8 Å². The number of hydrogen-bond acceptors (Lipinski definition) is 13. The molecule has 0 bridgehead atoms. The van der Waals surface area contributed by atoms with Crippen LogP contribution >= 0.6 is 11.3 Å². The molecule has 14 nitrogen and oxygen atoms in total. The molecule has 0 saturated carbocycles. The number of nitrogens with zero attached hydrogens (tertiary/aromatic N) is 5. The van der Waals surface area contributed by atoms with Crippen LogP contribution in [-0.4, -0.2) is 121 Å². The number of pyridine rings is 1. The van der Waals surface area contributed by atoms with E-state index in [0.29, 0.717) is 48.4 Å². The van der Waals surface area contributed by atoms with E-state index < -0.39 is 26.5 Å². The molecule has 0 radical (unpaired) electrons. The maximum atomic E-state index is 14.0. The highest BCUT2D eigenvalue weighted by Gasteiger charge is 2.40. The van der Waals surface area contributed by atoms with E-state index in [1.54, 1.807) is 62.6 Å². The van der Waals surface area contributed by atoms with Gasteiger partial charge in [-0.2, -0.15) is 0 Å². The number of piperazine rings is 1. The molecule has 2 saturated heterocycles. The number of anilines is 2. The van der Waals surface area contributed by atoms with Crippen LogP contribution in [-0.2, 0) is 30.7 Å². The van der Waals surface area contributed by atoms with Crippen LogP contribution in [0.2, 0.25) is 0 Å². The molecule has 1 atom stereocenters. The minimum absolute atomic E-state index is 0.141. The number of rotatable bonds is 12. The smallest absolute Gasteiger partial charge is 0.255 e. The van der Waals surface area contributed by atoms with Crippen molar-refractivity contribution in [2.24, 2.45) is 0 Å². The van der Waals surface area contributed by atoms with Gasteiger partial charge < -0.3 is 19.7 Å². The molecular formula is C44H47N7O7S2. The van der Waals surface area contributed by atoms with Gasteiger partial charge in [0.1, 0.15) is 29.9 Å². The Bertz CT molecular complexity index is 2640. The van der Waals surface area contributed by atoms with Crippen LogP contribution in [0.5, 0.6) is 5.75 Å². The van der Waals surface area contributed by atoms with Crippen LogP contribution in [0.4, 0.5) is 11.4 Å². The largest absolute Gasteiger partial charge is 0.491 e. The van der Waals surface area contributed by atoms with Gasteiger partial charge in [0.2, 0.25) is 11.8 Å². The molecule has 8 rings (SSSR count). The summed E-state index contributed by atoms with van der Waals surface area (Å²) in [7, 11) is -3.78. The maximum absolute atomic E-state index is 14.0. The monoisotopic (exact) mass is 849 g/mol. The molecule has 2 aromatic heterocycles. The summed E-state index contributed by atoms with van der Waals surface area (Å²) in [6.45, 7) is 11.2. The molecule has 5 aromatic rings. The SMILES string of the molecule is CC(C)(C)S(=O)(=O)c1cc2c(Nc3ccc4scnc4c3)ccnc2cc1OCCN1CCN(CCOCC#Cc2cccc3c2CN([C@H]2CCC(=O)NC2=O)C3=O)CC1. The number of aromatic nitrogens is 2. The number of carbonyl (C=O) groups is 3. The molecular weight excluding hydrogens is 803 g/mol. The summed E-state index contributed by atoms with van der Waals surface area (Å²) in [4.78, 5) is 52.5. The third-order valence-electron chi connectivity index (χ3n) is 11.2. The van der Waals surface area contributed by atoms with E-state index in [1.165, 1.54) is 4.90 Å². The highest BCUT2D eigenvalue weighted by molar-refractivity contribution is 7.92. The minimum Gasteiger partial charge on any atom is -0.491 e. The molecule has 16 heteroatoms. The first-order chi connectivity index (χ1) is 28.9. The van der Waals surface area contributed by atoms with Crippen LogP contribution < -0.4 is 15.4 Å². The van der Waals surface area contributed by atoms with Gasteiger partial charge in [0.05, 0.1) is 32.6 Å². The fourth-order valence-electron chi connectivity index (χ4n) is 7.68. The van der Waals surface area contributed by atoms with Gasteiger partial charge in [-0.15, -0.1) is 11.3 Å². The molecule has 3 aliphatic heterocycles. The topological polar surface area (TPSA) is 163 Å². The predicted molar refractivity (Wildman–Crippen MR) is 230 cm³/mol. The first-order valence-electron chi connectivity index (χ1n) is 20.0. The predicted octanol–water partition coefficient (Wildman–Crippen LogP) is 4.99. The second kappa shape index (κ2) is 17.3. The summed E-state index contributed by atoms with van der Waals surface area (Å²) in [5, 5.41) is 6.45. The number of imide groups is 1. The number of benzene rings is 3. The van der Waals surface area contributed by atoms with Gasteiger partial charge in [-0.3, -0.25) is 34.5 Å². The van der Waals surface area contributed by atoms with Gasteiger partial charge >= 0.3 is 0 Å². The highest BCUT2D eigenvalue weighted by atomic mass is 32.2. The Kier molecular flexibility index (Phi) is 11.9. The fourth-order valence-corrected chi connectivity index (χ4v) is 9.65. The zero-order valence-electron chi connectivity index (χ0n) is 33.8. The first kappa shape index (κ1) is 41.3. The standard InChI is InChI=1S/C44H47N7O7S2/c1-44(2,3)60(55,56)40-25-32-34(47-30-9-11-39-36(24-30)46-28-59-39)13-14-45-35(32)26-38(40)58-23-20-50-17-15-49(16-18-50)19-22-57-21-5-7-29-6-4-8-31-33(29)27-51(43(31)54)37-10-12-41(52)48-42(37)53/h4,6,8-9,11,13-14,24-26,28,37H,10,12,15-23,27H2,1-3H3,(H,45,47)(H,48,52,53)/t37-/m0/s1. The number of hydrogen-bond donors (Lipinski definition) is 2. The third kappa shape index (κ3) is 8.72. The number of carbonyl (C=O) groups excluding carboxylic acids is 3. The lowest BCUT2D eigenvalue weighted by Crippen LogP contribution is -2.52. The lowest BCUT2D eigenvalue weighted by atomic mass is 10.0. The van der Waals surface area contributed by atoms with E-state index in [-0.39, 0.29) is 36.3 Å². The molecule has 2 N–H and O–H groups in total. The van der Waals surface area contributed by atoms with Crippen molar-refractivity contribution in [1.29, 1.82) is 0 Å². The van der Waals surface area contributed by atoms with Crippen molar-refractivity contribution < 1.29 is 32.3 Å². The van der Waals surface area contributed by atoms with E-state index in [4.69, 9.17) is 9.47 Å². The van der Waals surface area contributed by atoms with E-state index >= 15 is 0 Å². The Labute approximate surface area is 353 Å². The van der Waals surface area contributed by atoms with E-state index in [9.17, 15) is 22.8 Å². The zero-order valence-corrected chi connectivity index (χ0v) is 35.5. The number of fused-ring (bicyclic) bond motifs is 3. The summed E-state index contributed by atoms with van der Waals surface area (Å²) < 4.78 is 40.1. The summed E-state index contributed by atoms with van der Waals surface area (Å²) in [5.74, 6) is 5.54. The van der Waals surface area contributed by atoms with Crippen molar-refractivity contribution in [3.63, 3.8) is 0 Å². The molecule has 0 aliphatic carbocycles. The molecule has 2 fully saturated rings. The zero-order chi connectivity index (χ0) is 42.0. The molecule has 60 heavy (non-hydrogen) atoms. The molecule has 5 heterocycles. The quantitative estimate of drug-likeness (QED) is 0.0985. The van der Waals surface area contributed by atoms with Crippen LogP contribution in [0.3, 0.4) is 0 Å². The molecule has 312 valence electrons. The molecule has 3 aromatic carbocycles. The van der Waals surface area contributed by atoms with Crippen molar-refractivity contribution in [2.45, 2.75) is 55.8 Å². The van der Waals surface area contributed by atoms with Gasteiger partial charge in [-0.1, -0.05) is 17.9 Å². The van der Waals surface area contributed by atoms with Crippen molar-refractivity contribution in [3.8, 4) is 17.6 Å². The average Bonchev–Trinajstić information content (AvgIpc) is 3.83. The number of sulfone groups is 1. The number of amides is 3. The molecule has 3 amide bonds. The van der Waals surface area contributed by atoms with Crippen molar-refractivity contribution in [3.05, 3.63) is 83.0 Å². The van der Waals surface area contributed by atoms with E-state index in [2.05, 4.69) is 42.2 Å². The Balaban J connectivity index is 0.819. The Morgan fingerprint density at radius 2 is 1.73 bits per heavy atom. The summed E-state index contributed by atoms with van der Waals surface area (Å²) >= 11 is 1.58. The van der Waals surface area contributed by atoms with Gasteiger partial charge in [0, 0.05) is 92.4 Å². The van der Waals surface area contributed by atoms with Crippen molar-refractivity contribution in [1.82, 2.24) is 30.0 Å². The maximum Gasteiger partial charge on any atom is 0.255 e. The molecule has 0 unspecified atom stereocenters. The Hall–Kier alpha value is -5.44. The van der Waals surface area contributed by atoms with Gasteiger partial charge in [0.25, 0.3) is 5.91 Å².